The highest BCUT2D eigenvalue weighted by Gasteiger charge is 2.25. The molecule has 0 saturated heterocycles. The van der Waals surface area contributed by atoms with Crippen molar-refractivity contribution in [3.8, 4) is 11.5 Å². The van der Waals surface area contributed by atoms with Crippen LogP contribution < -0.4 is 9.47 Å². The Bertz CT molecular complexity index is 503. The Morgan fingerprint density at radius 3 is 2.84 bits per heavy atom. The van der Waals surface area contributed by atoms with Crippen LogP contribution in [0.1, 0.15) is 26.3 Å². The largest absolute Gasteiger partial charge is 0.465 e. The van der Waals surface area contributed by atoms with Crippen LogP contribution in [0.2, 0.25) is 0 Å². The first kappa shape index (κ1) is 13.5. The highest BCUT2D eigenvalue weighted by molar-refractivity contribution is 5.79. The van der Waals surface area contributed by atoms with Crippen LogP contribution in [0.3, 0.4) is 0 Å². The Hall–Kier alpha value is -1.97. The fraction of sp³-hybridized carbons (Fsp3) is 0.400. The quantitative estimate of drug-likeness (QED) is 0.782. The maximum absolute atomic E-state index is 11.8. The van der Waals surface area contributed by atoms with Crippen molar-refractivity contribution in [3.05, 3.63) is 29.8 Å². The normalized spacial score (nSPS) is 13.8. The van der Waals surface area contributed by atoms with E-state index in [1.54, 1.807) is 6.92 Å². The molecular formula is C15H18O4. The lowest BCUT2D eigenvalue weighted by Crippen LogP contribution is -2.24. The molecule has 0 saturated carbocycles. The van der Waals surface area contributed by atoms with Gasteiger partial charge in [0, 0.05) is 0 Å². The first-order valence-electron chi connectivity index (χ1n) is 6.29. The van der Waals surface area contributed by atoms with Crippen LogP contribution in [0.5, 0.6) is 11.5 Å². The zero-order valence-electron chi connectivity index (χ0n) is 11.4. The van der Waals surface area contributed by atoms with E-state index in [0.29, 0.717) is 6.61 Å². The van der Waals surface area contributed by atoms with Crippen LogP contribution in [0.15, 0.2) is 24.3 Å². The Morgan fingerprint density at radius 2 is 2.11 bits per heavy atom. The molecule has 1 heterocycles. The van der Waals surface area contributed by atoms with Gasteiger partial charge in [0.05, 0.1) is 12.0 Å². The Labute approximate surface area is 113 Å². The van der Waals surface area contributed by atoms with E-state index >= 15 is 0 Å². The van der Waals surface area contributed by atoms with E-state index in [2.05, 4.69) is 0 Å². The standard InChI is InChI=1S/C15H18O4/c1-4-17-14(16)15(2,3)8-7-11-5-6-12-13(9-11)19-10-18-12/h5-9H,4,10H2,1-3H3/b8-7-. The van der Waals surface area contributed by atoms with Crippen LogP contribution in [0.4, 0.5) is 0 Å². The molecule has 0 amide bonds. The molecule has 1 aliphatic rings. The van der Waals surface area contributed by atoms with E-state index in [1.165, 1.54) is 0 Å². The van der Waals surface area contributed by atoms with E-state index < -0.39 is 5.41 Å². The maximum Gasteiger partial charge on any atom is 0.315 e. The van der Waals surface area contributed by atoms with Crippen molar-refractivity contribution in [2.24, 2.45) is 5.41 Å². The van der Waals surface area contributed by atoms with Gasteiger partial charge >= 0.3 is 5.97 Å². The molecule has 4 nitrogen and oxygen atoms in total. The van der Waals surface area contributed by atoms with E-state index in [0.717, 1.165) is 17.1 Å². The number of hydrogen-bond acceptors (Lipinski definition) is 4. The van der Waals surface area contributed by atoms with Crippen molar-refractivity contribution >= 4 is 12.0 Å². The summed E-state index contributed by atoms with van der Waals surface area (Å²) in [5, 5.41) is 0. The van der Waals surface area contributed by atoms with Gasteiger partial charge in [-0.05, 0) is 38.5 Å². The van der Waals surface area contributed by atoms with Crippen molar-refractivity contribution in [3.63, 3.8) is 0 Å². The van der Waals surface area contributed by atoms with Gasteiger partial charge in [0.1, 0.15) is 0 Å². The first-order valence-corrected chi connectivity index (χ1v) is 6.29. The summed E-state index contributed by atoms with van der Waals surface area (Å²) in [6.07, 6.45) is 3.72. The lowest BCUT2D eigenvalue weighted by Gasteiger charge is -2.17. The topological polar surface area (TPSA) is 44.8 Å². The highest BCUT2D eigenvalue weighted by Crippen LogP contribution is 2.33. The average Bonchev–Trinajstić information content (AvgIpc) is 2.84. The predicted octanol–water partition coefficient (Wildman–Crippen LogP) is 3.02. The number of carbonyl (C=O) groups excluding carboxylic acids is 1. The summed E-state index contributed by atoms with van der Waals surface area (Å²) in [6, 6.07) is 5.67. The second-order valence-corrected chi connectivity index (χ2v) is 4.89. The van der Waals surface area contributed by atoms with Crippen molar-refractivity contribution in [1.82, 2.24) is 0 Å². The second-order valence-electron chi connectivity index (χ2n) is 4.89. The molecule has 1 aromatic rings. The van der Waals surface area contributed by atoms with E-state index in [4.69, 9.17) is 14.2 Å². The molecule has 0 atom stereocenters. The van der Waals surface area contributed by atoms with Crippen molar-refractivity contribution in [1.29, 1.82) is 0 Å². The summed E-state index contributed by atoms with van der Waals surface area (Å²) < 4.78 is 15.6. The lowest BCUT2D eigenvalue weighted by molar-refractivity contribution is -0.150. The molecule has 0 aliphatic carbocycles. The van der Waals surface area contributed by atoms with Crippen LogP contribution >= 0.6 is 0 Å². The smallest absolute Gasteiger partial charge is 0.315 e. The molecule has 1 aromatic carbocycles. The van der Waals surface area contributed by atoms with Crippen molar-refractivity contribution in [2.45, 2.75) is 20.8 Å². The van der Waals surface area contributed by atoms with E-state index in [-0.39, 0.29) is 12.8 Å². The molecule has 0 bridgehead atoms. The Balaban J connectivity index is 2.12. The SMILES string of the molecule is CCOC(=O)C(C)(C)/C=C\c1ccc2c(c1)OCO2. The minimum Gasteiger partial charge on any atom is -0.465 e. The van der Waals surface area contributed by atoms with Crippen LogP contribution in [0, 0.1) is 5.41 Å². The molecule has 102 valence electrons. The zero-order valence-corrected chi connectivity index (χ0v) is 11.4. The summed E-state index contributed by atoms with van der Waals surface area (Å²) in [5.74, 6) is 1.25. The molecule has 0 radical (unpaired) electrons. The summed E-state index contributed by atoms with van der Waals surface area (Å²) in [5.41, 5.74) is 0.313. The third-order valence-corrected chi connectivity index (χ3v) is 2.89. The number of ether oxygens (including phenoxy) is 3. The number of esters is 1. The lowest BCUT2D eigenvalue weighted by atomic mass is 9.92. The summed E-state index contributed by atoms with van der Waals surface area (Å²) >= 11 is 0. The summed E-state index contributed by atoms with van der Waals surface area (Å²) in [4.78, 5) is 11.8. The van der Waals surface area contributed by atoms with Gasteiger partial charge < -0.3 is 14.2 Å². The van der Waals surface area contributed by atoms with Crippen LogP contribution in [0.25, 0.3) is 6.08 Å². The molecule has 0 unspecified atom stereocenters. The molecule has 0 fully saturated rings. The molecule has 0 N–H and O–H groups in total. The number of rotatable bonds is 4. The maximum atomic E-state index is 11.8. The number of carbonyl (C=O) groups is 1. The first-order chi connectivity index (χ1) is 9.03. The third-order valence-electron chi connectivity index (χ3n) is 2.89. The summed E-state index contributed by atoms with van der Waals surface area (Å²) in [7, 11) is 0. The summed E-state index contributed by atoms with van der Waals surface area (Å²) in [6.45, 7) is 6.11. The molecule has 0 spiro atoms. The third kappa shape index (κ3) is 3.08. The van der Waals surface area contributed by atoms with Gasteiger partial charge in [-0.1, -0.05) is 18.2 Å². The predicted molar refractivity (Wildman–Crippen MR) is 72.0 cm³/mol. The Morgan fingerprint density at radius 1 is 1.37 bits per heavy atom. The number of benzene rings is 1. The van der Waals surface area contributed by atoms with Gasteiger partial charge in [-0.15, -0.1) is 0 Å². The van der Waals surface area contributed by atoms with Crippen LogP contribution in [-0.2, 0) is 9.53 Å². The molecule has 1 aliphatic heterocycles. The molecule has 0 aromatic heterocycles. The van der Waals surface area contributed by atoms with Gasteiger partial charge in [-0.2, -0.15) is 0 Å². The molecule has 2 rings (SSSR count). The van der Waals surface area contributed by atoms with Crippen molar-refractivity contribution < 1.29 is 19.0 Å². The van der Waals surface area contributed by atoms with Gasteiger partial charge in [0.15, 0.2) is 11.5 Å². The van der Waals surface area contributed by atoms with Crippen molar-refractivity contribution in [2.75, 3.05) is 13.4 Å². The highest BCUT2D eigenvalue weighted by atomic mass is 16.7. The fourth-order valence-corrected chi connectivity index (χ4v) is 1.71. The number of hydrogen-bond donors (Lipinski definition) is 0. The number of fused-ring (bicyclic) bond motifs is 1. The average molecular weight is 262 g/mol. The van der Waals surface area contributed by atoms with Gasteiger partial charge in [-0.3, -0.25) is 4.79 Å². The Kier molecular flexibility index (Phi) is 3.79. The van der Waals surface area contributed by atoms with E-state index in [1.807, 2.05) is 44.2 Å². The minimum atomic E-state index is -0.646. The van der Waals surface area contributed by atoms with Gasteiger partial charge in [-0.25, -0.2) is 0 Å². The van der Waals surface area contributed by atoms with E-state index in [9.17, 15) is 4.79 Å². The van der Waals surface area contributed by atoms with Crippen LogP contribution in [-0.4, -0.2) is 19.4 Å². The fourth-order valence-electron chi connectivity index (χ4n) is 1.71. The molecule has 19 heavy (non-hydrogen) atoms. The zero-order chi connectivity index (χ0) is 13.9. The second kappa shape index (κ2) is 5.34. The monoisotopic (exact) mass is 262 g/mol. The van der Waals surface area contributed by atoms with Gasteiger partial charge in [0.25, 0.3) is 0 Å². The molecular weight excluding hydrogens is 244 g/mol. The minimum absolute atomic E-state index is 0.230. The van der Waals surface area contributed by atoms with Gasteiger partial charge in [0.2, 0.25) is 6.79 Å². The molecule has 4 heteroatoms.